The molecule has 1 fully saturated rings. The van der Waals surface area contributed by atoms with E-state index < -0.39 is 0 Å². The predicted octanol–water partition coefficient (Wildman–Crippen LogP) is 5.73. The van der Waals surface area contributed by atoms with Crippen LogP contribution in [0.4, 0.5) is 11.7 Å². The summed E-state index contributed by atoms with van der Waals surface area (Å²) in [4.78, 5) is 24.5. The second-order valence-corrected chi connectivity index (χ2v) is 12.1. The van der Waals surface area contributed by atoms with E-state index in [1.54, 1.807) is 4.90 Å². The van der Waals surface area contributed by atoms with Gasteiger partial charge in [-0.15, -0.1) is 0 Å². The zero-order valence-electron chi connectivity index (χ0n) is 24.8. The van der Waals surface area contributed by atoms with Crippen LogP contribution in [0.2, 0.25) is 0 Å². The van der Waals surface area contributed by atoms with Crippen molar-refractivity contribution in [1.82, 2.24) is 15.0 Å². The molecule has 216 valence electrons. The van der Waals surface area contributed by atoms with Gasteiger partial charge in [-0.25, -0.2) is 0 Å². The van der Waals surface area contributed by atoms with E-state index in [4.69, 9.17) is 9.26 Å². The maximum Gasteiger partial charge on any atom is 0.323 e. The van der Waals surface area contributed by atoms with Crippen LogP contribution < -0.4 is 14.5 Å². The van der Waals surface area contributed by atoms with Crippen LogP contribution in [-0.4, -0.2) is 67.8 Å². The van der Waals surface area contributed by atoms with Crippen LogP contribution in [0.3, 0.4) is 0 Å². The van der Waals surface area contributed by atoms with Gasteiger partial charge in [0, 0.05) is 48.4 Å². The van der Waals surface area contributed by atoms with E-state index in [0.29, 0.717) is 23.9 Å². The second kappa shape index (κ2) is 10.3. The average molecular weight is 564 g/mol. The lowest BCUT2D eigenvalue weighted by Gasteiger charge is -2.38. The summed E-state index contributed by atoms with van der Waals surface area (Å²) >= 11 is 0. The van der Waals surface area contributed by atoms with Crippen LogP contribution in [0.5, 0.6) is 5.75 Å². The van der Waals surface area contributed by atoms with Crippen molar-refractivity contribution in [3.8, 4) is 28.3 Å². The first kappa shape index (κ1) is 26.7. The molecule has 1 aromatic heterocycles. The van der Waals surface area contributed by atoms with Crippen molar-refractivity contribution in [2.75, 3.05) is 56.7 Å². The highest BCUT2D eigenvalue weighted by Crippen LogP contribution is 2.49. The molecular weight excluding hydrogens is 526 g/mol. The average Bonchev–Trinajstić information content (AvgIpc) is 3.75. The summed E-state index contributed by atoms with van der Waals surface area (Å²) in [5.41, 5.74) is 8.50. The highest BCUT2D eigenvalue weighted by atomic mass is 16.5. The van der Waals surface area contributed by atoms with E-state index in [9.17, 15) is 4.79 Å². The molecule has 3 aliphatic rings. The van der Waals surface area contributed by atoms with Gasteiger partial charge in [0.05, 0.1) is 6.61 Å². The third kappa shape index (κ3) is 4.45. The van der Waals surface area contributed by atoms with Gasteiger partial charge < -0.3 is 24.0 Å². The van der Waals surface area contributed by atoms with Crippen LogP contribution in [0.1, 0.15) is 46.8 Å². The normalized spacial score (nSPS) is 17.3. The number of ether oxygens (including phenoxy) is 1. The number of carbonyl (C=O) groups excluding carboxylic acids is 1. The van der Waals surface area contributed by atoms with Crippen LogP contribution in [0, 0.1) is 6.92 Å². The fraction of sp³-hybridized carbons (Fsp3) is 0.382. The van der Waals surface area contributed by atoms with E-state index >= 15 is 0 Å². The molecule has 3 aromatic carbocycles. The number of fused-ring (bicyclic) bond motifs is 3. The van der Waals surface area contributed by atoms with Crippen molar-refractivity contribution < 1.29 is 14.1 Å². The number of hydrogen-bond acceptors (Lipinski definition) is 7. The minimum atomic E-state index is 0.0508. The summed E-state index contributed by atoms with van der Waals surface area (Å²) in [6, 6.07) is 19.1. The summed E-state index contributed by atoms with van der Waals surface area (Å²) in [6.45, 7) is 9.05. The summed E-state index contributed by atoms with van der Waals surface area (Å²) in [7, 11) is 3.74. The second-order valence-electron chi connectivity index (χ2n) is 12.1. The number of likely N-dealkylation sites (tertiary alicyclic amines) is 1. The van der Waals surface area contributed by atoms with Crippen LogP contribution in [-0.2, 0) is 11.8 Å². The molecule has 8 nitrogen and oxygen atoms in total. The number of aromatic nitrogens is 2. The SMILES string of the molecule is CCN1CCC2(CC1)COc1cc3c(cc12)N(C(=O)c1ccc(-c2ccc(-c4noc(N(C)C)n4)cc2C)cc1)CC3. The van der Waals surface area contributed by atoms with Gasteiger partial charge in [0.2, 0.25) is 5.82 Å². The lowest BCUT2D eigenvalue weighted by atomic mass is 9.74. The van der Waals surface area contributed by atoms with Crippen LogP contribution in [0.25, 0.3) is 22.5 Å². The summed E-state index contributed by atoms with van der Waals surface area (Å²) in [5, 5.41) is 4.11. The fourth-order valence-corrected chi connectivity index (χ4v) is 6.75. The number of piperidine rings is 1. The van der Waals surface area contributed by atoms with Gasteiger partial charge in [-0.05, 0) is 98.4 Å². The predicted molar refractivity (Wildman–Crippen MR) is 165 cm³/mol. The van der Waals surface area contributed by atoms with E-state index in [1.807, 2.05) is 49.3 Å². The Hall–Kier alpha value is -4.17. The molecule has 42 heavy (non-hydrogen) atoms. The maximum atomic E-state index is 13.8. The Morgan fingerprint density at radius 2 is 1.76 bits per heavy atom. The lowest BCUT2D eigenvalue weighted by Crippen LogP contribution is -2.43. The molecule has 0 N–H and O–H groups in total. The Morgan fingerprint density at radius 1 is 1.00 bits per heavy atom. The van der Waals surface area contributed by atoms with Gasteiger partial charge in [-0.3, -0.25) is 4.79 Å². The molecule has 1 amide bonds. The van der Waals surface area contributed by atoms with Crippen molar-refractivity contribution in [3.05, 3.63) is 76.9 Å². The largest absolute Gasteiger partial charge is 0.492 e. The zero-order valence-corrected chi connectivity index (χ0v) is 24.8. The molecule has 8 heteroatoms. The number of anilines is 2. The smallest absolute Gasteiger partial charge is 0.323 e. The van der Waals surface area contributed by atoms with Crippen LogP contribution in [0.15, 0.2) is 59.1 Å². The molecule has 1 saturated heterocycles. The highest BCUT2D eigenvalue weighted by molar-refractivity contribution is 6.07. The minimum absolute atomic E-state index is 0.0508. The Bertz CT molecular complexity index is 1650. The standard InChI is InChI=1S/C34H37N5O3/c1-5-38-16-13-34(14-17-38)21-41-30-19-25-12-15-39(29(25)20-28(30)34)32(40)24-8-6-23(7-9-24)27-11-10-26(18-22(27)2)31-35-33(37(3)4)42-36-31/h6-11,18-20H,5,12-17,21H2,1-4H3. The summed E-state index contributed by atoms with van der Waals surface area (Å²) in [6.07, 6.45) is 3.07. The number of nitrogens with zero attached hydrogens (tertiary/aromatic N) is 5. The van der Waals surface area contributed by atoms with Crippen molar-refractivity contribution in [2.24, 2.45) is 0 Å². The fourth-order valence-electron chi connectivity index (χ4n) is 6.75. The van der Waals surface area contributed by atoms with Crippen molar-refractivity contribution in [3.63, 3.8) is 0 Å². The lowest BCUT2D eigenvalue weighted by molar-refractivity contribution is 0.0989. The van der Waals surface area contributed by atoms with Crippen molar-refractivity contribution in [1.29, 1.82) is 0 Å². The van der Waals surface area contributed by atoms with Crippen molar-refractivity contribution in [2.45, 2.75) is 38.5 Å². The molecular formula is C34H37N5O3. The van der Waals surface area contributed by atoms with Gasteiger partial charge in [-0.2, -0.15) is 4.98 Å². The van der Waals surface area contributed by atoms with E-state index in [1.165, 1.54) is 11.1 Å². The van der Waals surface area contributed by atoms with Crippen molar-refractivity contribution >= 4 is 17.6 Å². The molecule has 0 bridgehead atoms. The number of amides is 1. The monoisotopic (exact) mass is 563 g/mol. The summed E-state index contributed by atoms with van der Waals surface area (Å²) < 4.78 is 11.6. The highest BCUT2D eigenvalue weighted by Gasteiger charge is 2.44. The number of carbonyl (C=O) groups is 1. The van der Waals surface area contributed by atoms with Gasteiger partial charge in [0.1, 0.15) is 5.75 Å². The topological polar surface area (TPSA) is 74.9 Å². The minimum Gasteiger partial charge on any atom is -0.492 e. The van der Waals surface area contributed by atoms with E-state index in [0.717, 1.165) is 79.2 Å². The van der Waals surface area contributed by atoms with E-state index in [-0.39, 0.29) is 11.3 Å². The number of hydrogen-bond donors (Lipinski definition) is 0. The molecule has 4 aromatic rings. The van der Waals surface area contributed by atoms with Gasteiger partial charge in [-0.1, -0.05) is 36.3 Å². The first-order chi connectivity index (χ1) is 20.3. The first-order valence-corrected chi connectivity index (χ1v) is 14.9. The third-order valence-electron chi connectivity index (χ3n) is 9.38. The van der Waals surface area contributed by atoms with Gasteiger partial charge in [0.25, 0.3) is 5.91 Å². The maximum absolute atomic E-state index is 13.8. The van der Waals surface area contributed by atoms with Crippen LogP contribution >= 0.6 is 0 Å². The van der Waals surface area contributed by atoms with Gasteiger partial charge in [0.15, 0.2) is 0 Å². The molecule has 1 spiro atoms. The Kier molecular flexibility index (Phi) is 6.54. The van der Waals surface area contributed by atoms with E-state index in [2.05, 4.69) is 53.2 Å². The zero-order chi connectivity index (χ0) is 29.0. The molecule has 3 aliphatic heterocycles. The molecule has 0 aliphatic carbocycles. The first-order valence-electron chi connectivity index (χ1n) is 14.9. The number of benzene rings is 3. The summed E-state index contributed by atoms with van der Waals surface area (Å²) in [5.74, 6) is 1.64. The molecule has 0 saturated carbocycles. The number of aryl methyl sites for hydroxylation is 1. The Labute approximate surface area is 246 Å². The Morgan fingerprint density at radius 3 is 2.45 bits per heavy atom. The number of rotatable bonds is 5. The third-order valence-corrected chi connectivity index (χ3v) is 9.38. The molecule has 4 heterocycles. The molecule has 7 rings (SSSR count). The molecule has 0 radical (unpaired) electrons. The quantitative estimate of drug-likeness (QED) is 0.307. The Balaban J connectivity index is 1.11. The molecule has 0 atom stereocenters. The van der Waals surface area contributed by atoms with Gasteiger partial charge >= 0.3 is 6.01 Å². The molecule has 0 unspecified atom stereocenters.